The molecular weight excluding hydrogens is 340 g/mol. The summed E-state index contributed by atoms with van der Waals surface area (Å²) in [5.41, 5.74) is 0. The van der Waals surface area contributed by atoms with E-state index in [1.807, 2.05) is 23.1 Å². The van der Waals surface area contributed by atoms with Crippen LogP contribution in [0.15, 0.2) is 21.5 Å². The monoisotopic (exact) mass is 362 g/mol. The second-order valence-electron chi connectivity index (χ2n) is 6.71. The summed E-state index contributed by atoms with van der Waals surface area (Å²) in [6.45, 7) is 2.10. The number of amides is 1. The van der Waals surface area contributed by atoms with Crippen LogP contribution in [0.25, 0.3) is 6.08 Å². The van der Waals surface area contributed by atoms with Crippen molar-refractivity contribution in [3.63, 3.8) is 0 Å². The first-order chi connectivity index (χ1) is 11.7. The molecule has 4 rings (SSSR count). The van der Waals surface area contributed by atoms with Crippen molar-refractivity contribution < 1.29 is 9.21 Å². The van der Waals surface area contributed by atoms with Crippen LogP contribution in [0.1, 0.15) is 50.7 Å². The Hall–Kier alpha value is -1.27. The fourth-order valence-electron chi connectivity index (χ4n) is 3.79. The van der Waals surface area contributed by atoms with Crippen LogP contribution in [0.5, 0.6) is 0 Å². The van der Waals surface area contributed by atoms with E-state index in [4.69, 9.17) is 16.6 Å². The number of rotatable bonds is 3. The Morgan fingerprint density at radius 2 is 1.88 bits per heavy atom. The lowest BCUT2D eigenvalue weighted by molar-refractivity contribution is -0.123. The Morgan fingerprint density at radius 1 is 1.12 bits per heavy atom. The van der Waals surface area contributed by atoms with Crippen molar-refractivity contribution in [3.8, 4) is 0 Å². The molecule has 24 heavy (non-hydrogen) atoms. The molecule has 0 spiro atoms. The highest BCUT2D eigenvalue weighted by Crippen LogP contribution is 2.38. The Bertz CT molecular complexity index is 670. The fourth-order valence-corrected chi connectivity index (χ4v) is 5.17. The minimum Gasteiger partial charge on any atom is -0.441 e. The molecule has 2 aliphatic heterocycles. The summed E-state index contributed by atoms with van der Waals surface area (Å²) < 4.78 is 6.65. The Morgan fingerprint density at radius 3 is 2.62 bits per heavy atom. The maximum atomic E-state index is 12.7. The number of thiocarbonyl (C=S) groups is 1. The van der Waals surface area contributed by atoms with Crippen LogP contribution in [0, 0.1) is 0 Å². The zero-order valence-corrected chi connectivity index (χ0v) is 15.3. The van der Waals surface area contributed by atoms with Crippen LogP contribution in [-0.2, 0) is 4.79 Å². The van der Waals surface area contributed by atoms with Crippen molar-refractivity contribution in [2.75, 3.05) is 18.0 Å². The SMILES string of the molecule is O=C1/C(=C/c2ccc(N3CCCCC3)o2)SC(=S)N1C1CCCC1. The fraction of sp³-hybridized carbons (Fsp3) is 0.556. The first-order valence-corrected chi connectivity index (χ1v) is 10.1. The largest absolute Gasteiger partial charge is 0.441 e. The summed E-state index contributed by atoms with van der Waals surface area (Å²) in [6, 6.07) is 4.25. The van der Waals surface area contributed by atoms with E-state index in [1.165, 1.54) is 43.9 Å². The van der Waals surface area contributed by atoms with Gasteiger partial charge >= 0.3 is 0 Å². The molecule has 3 aliphatic rings. The quantitative estimate of drug-likeness (QED) is 0.588. The summed E-state index contributed by atoms with van der Waals surface area (Å²) in [6.07, 6.45) is 10.1. The number of thioether (sulfide) groups is 1. The van der Waals surface area contributed by atoms with Crippen LogP contribution in [0.4, 0.5) is 5.88 Å². The summed E-state index contributed by atoms with van der Waals surface area (Å²) in [7, 11) is 0. The van der Waals surface area contributed by atoms with E-state index in [9.17, 15) is 4.79 Å². The topological polar surface area (TPSA) is 36.7 Å². The second kappa shape index (κ2) is 6.92. The number of carbonyl (C=O) groups excluding carboxylic acids is 1. The maximum absolute atomic E-state index is 12.7. The zero-order chi connectivity index (χ0) is 16.5. The van der Waals surface area contributed by atoms with E-state index in [2.05, 4.69) is 4.90 Å². The minimum absolute atomic E-state index is 0.0489. The van der Waals surface area contributed by atoms with E-state index in [0.29, 0.717) is 15.3 Å². The van der Waals surface area contributed by atoms with Crippen molar-refractivity contribution in [1.29, 1.82) is 0 Å². The molecule has 0 bridgehead atoms. The summed E-state index contributed by atoms with van der Waals surface area (Å²) in [5.74, 6) is 1.70. The van der Waals surface area contributed by atoms with Crippen molar-refractivity contribution in [1.82, 2.24) is 4.90 Å². The lowest BCUT2D eigenvalue weighted by atomic mass is 10.1. The third-order valence-electron chi connectivity index (χ3n) is 5.07. The first-order valence-electron chi connectivity index (χ1n) is 8.84. The molecule has 1 saturated carbocycles. The molecule has 128 valence electrons. The van der Waals surface area contributed by atoms with Gasteiger partial charge in [-0.15, -0.1) is 0 Å². The smallest absolute Gasteiger partial charge is 0.266 e. The van der Waals surface area contributed by atoms with Gasteiger partial charge in [0.25, 0.3) is 5.91 Å². The normalized spacial score (nSPS) is 24.6. The van der Waals surface area contributed by atoms with Gasteiger partial charge in [-0.2, -0.15) is 0 Å². The van der Waals surface area contributed by atoms with E-state index in [0.717, 1.165) is 37.6 Å². The number of furan rings is 1. The van der Waals surface area contributed by atoms with Crippen molar-refractivity contribution in [2.45, 2.75) is 51.0 Å². The van der Waals surface area contributed by atoms with Gasteiger partial charge in [-0.05, 0) is 38.2 Å². The average Bonchev–Trinajstić information content (AvgIpc) is 3.31. The molecule has 6 heteroatoms. The van der Waals surface area contributed by atoms with Gasteiger partial charge in [-0.25, -0.2) is 0 Å². The molecule has 1 aromatic heterocycles. The molecular formula is C18H22N2O2S2. The van der Waals surface area contributed by atoms with Gasteiger partial charge < -0.3 is 9.32 Å². The Labute approximate surface area is 152 Å². The first kappa shape index (κ1) is 16.2. The second-order valence-corrected chi connectivity index (χ2v) is 8.39. The standard InChI is InChI=1S/C18H22N2O2S2/c21-17-15(24-18(23)20(17)13-6-2-3-7-13)12-14-8-9-16(22-14)19-10-4-1-5-11-19/h8-9,12-13H,1-7,10-11H2/b15-12-. The molecule has 0 unspecified atom stereocenters. The highest BCUT2D eigenvalue weighted by atomic mass is 32.2. The van der Waals surface area contributed by atoms with Gasteiger partial charge in [0.2, 0.25) is 0 Å². The number of nitrogens with zero attached hydrogens (tertiary/aromatic N) is 2. The lowest BCUT2D eigenvalue weighted by Gasteiger charge is -2.25. The molecule has 1 aliphatic carbocycles. The Kier molecular flexibility index (Phi) is 4.68. The highest BCUT2D eigenvalue weighted by Gasteiger charge is 2.38. The van der Waals surface area contributed by atoms with Gasteiger partial charge in [0.05, 0.1) is 4.91 Å². The number of carbonyl (C=O) groups is 1. The van der Waals surface area contributed by atoms with E-state index >= 15 is 0 Å². The number of hydrogen-bond donors (Lipinski definition) is 0. The molecule has 2 saturated heterocycles. The third kappa shape index (κ3) is 3.14. The van der Waals surface area contributed by atoms with Gasteiger partial charge in [0, 0.05) is 31.3 Å². The van der Waals surface area contributed by atoms with Crippen LogP contribution < -0.4 is 4.90 Å². The van der Waals surface area contributed by atoms with Crippen molar-refractivity contribution >= 4 is 46.2 Å². The molecule has 3 fully saturated rings. The van der Waals surface area contributed by atoms with E-state index < -0.39 is 0 Å². The predicted octanol–water partition coefficient (Wildman–Crippen LogP) is 4.41. The minimum atomic E-state index is 0.0489. The predicted molar refractivity (Wildman–Crippen MR) is 102 cm³/mol. The summed E-state index contributed by atoms with van der Waals surface area (Å²) in [4.78, 5) is 17.5. The van der Waals surface area contributed by atoms with Gasteiger partial charge in [-0.3, -0.25) is 9.69 Å². The van der Waals surface area contributed by atoms with Gasteiger partial charge in [0.15, 0.2) is 5.88 Å². The van der Waals surface area contributed by atoms with E-state index in [-0.39, 0.29) is 5.91 Å². The maximum Gasteiger partial charge on any atom is 0.266 e. The summed E-state index contributed by atoms with van der Waals surface area (Å²) in [5, 5.41) is 0. The lowest BCUT2D eigenvalue weighted by Crippen LogP contribution is -2.36. The van der Waals surface area contributed by atoms with Gasteiger partial charge in [0.1, 0.15) is 10.1 Å². The number of piperidine rings is 1. The molecule has 0 N–H and O–H groups in total. The third-order valence-corrected chi connectivity index (χ3v) is 6.40. The van der Waals surface area contributed by atoms with E-state index in [1.54, 1.807) is 0 Å². The van der Waals surface area contributed by atoms with Gasteiger partial charge in [-0.1, -0.05) is 36.8 Å². The van der Waals surface area contributed by atoms with Crippen molar-refractivity contribution in [3.05, 3.63) is 22.8 Å². The average molecular weight is 363 g/mol. The number of hydrogen-bond acceptors (Lipinski definition) is 5. The molecule has 4 nitrogen and oxygen atoms in total. The molecule has 0 atom stereocenters. The molecule has 1 amide bonds. The van der Waals surface area contributed by atoms with Crippen LogP contribution in [0.2, 0.25) is 0 Å². The molecule has 0 aromatic carbocycles. The van der Waals surface area contributed by atoms with Crippen LogP contribution in [-0.4, -0.2) is 34.3 Å². The molecule has 1 aromatic rings. The highest BCUT2D eigenvalue weighted by molar-refractivity contribution is 8.26. The Balaban J connectivity index is 1.50. The summed E-state index contributed by atoms with van der Waals surface area (Å²) >= 11 is 6.85. The molecule has 0 radical (unpaired) electrons. The number of anilines is 1. The van der Waals surface area contributed by atoms with Crippen molar-refractivity contribution in [2.24, 2.45) is 0 Å². The zero-order valence-electron chi connectivity index (χ0n) is 13.7. The molecule has 3 heterocycles. The van der Waals surface area contributed by atoms with Crippen LogP contribution >= 0.6 is 24.0 Å². The van der Waals surface area contributed by atoms with Crippen LogP contribution in [0.3, 0.4) is 0 Å².